The lowest BCUT2D eigenvalue weighted by molar-refractivity contribution is -0.0431. The predicted octanol–water partition coefficient (Wildman–Crippen LogP) is 0.756. The van der Waals surface area contributed by atoms with E-state index in [-0.39, 0.29) is 0 Å². The maximum absolute atomic E-state index is 12.3. The molecule has 0 aliphatic carbocycles. The number of nitrogens with zero attached hydrogens (tertiary/aromatic N) is 1. The summed E-state index contributed by atoms with van der Waals surface area (Å²) in [5.74, 6) is 0.434. The molecule has 0 radical (unpaired) electrons. The Kier molecular flexibility index (Phi) is 3.46. The third-order valence-electron chi connectivity index (χ3n) is 3.32. The van der Waals surface area contributed by atoms with Gasteiger partial charge in [-0.15, -0.1) is 0 Å². The van der Waals surface area contributed by atoms with E-state index >= 15 is 0 Å². The van der Waals surface area contributed by atoms with E-state index in [1.165, 1.54) is 4.31 Å². The Hall–Kier alpha value is -1.51. The molecule has 0 amide bonds. The van der Waals surface area contributed by atoms with Gasteiger partial charge < -0.3 is 14.8 Å². The van der Waals surface area contributed by atoms with Gasteiger partial charge in [-0.1, -0.05) is 0 Å². The van der Waals surface area contributed by atoms with Gasteiger partial charge in [-0.25, -0.2) is 0 Å². The lowest BCUT2D eigenvalue weighted by Gasteiger charge is -2.26. The Balaban J connectivity index is 1.77. The van der Waals surface area contributed by atoms with Crippen molar-refractivity contribution in [3.8, 4) is 11.5 Å². The molecular formula is C13H19N3O4S. The Morgan fingerprint density at radius 3 is 2.57 bits per heavy atom. The van der Waals surface area contributed by atoms with Gasteiger partial charge in [0.1, 0.15) is 0 Å². The molecule has 3 rings (SSSR count). The van der Waals surface area contributed by atoms with Crippen LogP contribution in [-0.2, 0) is 10.2 Å². The largest absolute Gasteiger partial charge is 0.449 e. The highest BCUT2D eigenvalue weighted by molar-refractivity contribution is 7.90. The molecule has 116 valence electrons. The van der Waals surface area contributed by atoms with Gasteiger partial charge in [-0.2, -0.15) is 12.7 Å². The average Bonchev–Trinajstić information content (AvgIpc) is 2.72. The van der Waals surface area contributed by atoms with E-state index < -0.39 is 16.0 Å². The van der Waals surface area contributed by atoms with Crippen LogP contribution >= 0.6 is 0 Å². The molecule has 0 spiro atoms. The van der Waals surface area contributed by atoms with Gasteiger partial charge in [0.15, 0.2) is 11.5 Å². The van der Waals surface area contributed by atoms with Crippen molar-refractivity contribution in [1.29, 1.82) is 0 Å². The van der Waals surface area contributed by atoms with Gasteiger partial charge in [0, 0.05) is 46.1 Å². The zero-order valence-electron chi connectivity index (χ0n) is 12.0. The first kappa shape index (κ1) is 14.4. The second-order valence-electron chi connectivity index (χ2n) is 5.52. The van der Waals surface area contributed by atoms with Crippen LogP contribution in [0, 0.1) is 0 Å². The summed E-state index contributed by atoms with van der Waals surface area (Å²) in [5, 5.41) is 3.12. The van der Waals surface area contributed by atoms with Crippen LogP contribution in [0.3, 0.4) is 0 Å². The van der Waals surface area contributed by atoms with Crippen LogP contribution in [0.2, 0.25) is 0 Å². The molecule has 1 saturated heterocycles. The normalized spacial score (nSPS) is 21.2. The molecule has 2 N–H and O–H groups in total. The fourth-order valence-corrected chi connectivity index (χ4v) is 3.60. The molecule has 21 heavy (non-hydrogen) atoms. The molecular weight excluding hydrogens is 294 g/mol. The zero-order chi connectivity index (χ0) is 15.1. The highest BCUT2D eigenvalue weighted by Gasteiger charge is 2.32. The van der Waals surface area contributed by atoms with Gasteiger partial charge in [-0.3, -0.25) is 4.72 Å². The SMILES string of the molecule is CC1(C)Oc2ccc(NS(=O)(=O)N3CCNCC3)cc2O1. The van der Waals surface area contributed by atoms with E-state index in [1.54, 1.807) is 32.0 Å². The first-order chi connectivity index (χ1) is 9.86. The fraction of sp³-hybridized carbons (Fsp3) is 0.538. The number of piperazine rings is 1. The number of nitrogens with one attached hydrogen (secondary N) is 2. The van der Waals surface area contributed by atoms with Crippen molar-refractivity contribution >= 4 is 15.9 Å². The summed E-state index contributed by atoms with van der Waals surface area (Å²) in [6.45, 7) is 5.86. The van der Waals surface area contributed by atoms with Gasteiger partial charge in [-0.05, 0) is 12.1 Å². The van der Waals surface area contributed by atoms with Gasteiger partial charge >= 0.3 is 10.2 Å². The topological polar surface area (TPSA) is 79.9 Å². The third-order valence-corrected chi connectivity index (χ3v) is 4.86. The fourth-order valence-electron chi connectivity index (χ4n) is 2.38. The summed E-state index contributed by atoms with van der Waals surface area (Å²) in [7, 11) is -3.54. The second kappa shape index (κ2) is 5.04. The van der Waals surface area contributed by atoms with Crippen LogP contribution in [-0.4, -0.2) is 44.7 Å². The summed E-state index contributed by atoms with van der Waals surface area (Å²) in [5.41, 5.74) is 0.466. The lowest BCUT2D eigenvalue weighted by Crippen LogP contribution is -2.48. The highest BCUT2D eigenvalue weighted by Crippen LogP contribution is 2.40. The molecule has 0 unspecified atom stereocenters. The van der Waals surface area contributed by atoms with E-state index in [2.05, 4.69) is 10.0 Å². The Bertz CT molecular complexity index is 639. The van der Waals surface area contributed by atoms with E-state index in [0.717, 1.165) is 0 Å². The predicted molar refractivity (Wildman–Crippen MR) is 78.8 cm³/mol. The number of rotatable bonds is 3. The Morgan fingerprint density at radius 1 is 1.19 bits per heavy atom. The average molecular weight is 313 g/mol. The van der Waals surface area contributed by atoms with Gasteiger partial charge in [0.2, 0.25) is 5.79 Å². The van der Waals surface area contributed by atoms with Crippen molar-refractivity contribution in [1.82, 2.24) is 9.62 Å². The van der Waals surface area contributed by atoms with Crippen molar-refractivity contribution in [2.45, 2.75) is 19.6 Å². The molecule has 1 aromatic rings. The van der Waals surface area contributed by atoms with Gasteiger partial charge in [0.05, 0.1) is 5.69 Å². The van der Waals surface area contributed by atoms with E-state index in [9.17, 15) is 8.42 Å². The number of fused-ring (bicyclic) bond motifs is 1. The minimum atomic E-state index is -3.54. The van der Waals surface area contributed by atoms with Crippen LogP contribution in [0.1, 0.15) is 13.8 Å². The van der Waals surface area contributed by atoms with E-state index in [0.29, 0.717) is 43.4 Å². The summed E-state index contributed by atoms with van der Waals surface area (Å²) in [6.07, 6.45) is 0. The highest BCUT2D eigenvalue weighted by atomic mass is 32.2. The minimum Gasteiger partial charge on any atom is -0.449 e. The summed E-state index contributed by atoms with van der Waals surface area (Å²) in [4.78, 5) is 0. The van der Waals surface area contributed by atoms with Crippen molar-refractivity contribution in [2.24, 2.45) is 0 Å². The summed E-state index contributed by atoms with van der Waals surface area (Å²) in [6, 6.07) is 5.02. The molecule has 0 aromatic heterocycles. The zero-order valence-corrected chi connectivity index (χ0v) is 12.9. The summed E-state index contributed by atoms with van der Waals surface area (Å²) >= 11 is 0. The number of benzene rings is 1. The molecule has 0 atom stereocenters. The van der Waals surface area contributed by atoms with E-state index in [1.807, 2.05) is 0 Å². The van der Waals surface area contributed by atoms with Crippen LogP contribution in [0.25, 0.3) is 0 Å². The van der Waals surface area contributed by atoms with Gasteiger partial charge in [0.25, 0.3) is 0 Å². The van der Waals surface area contributed by atoms with Crippen LogP contribution in [0.4, 0.5) is 5.69 Å². The van der Waals surface area contributed by atoms with Crippen molar-refractivity contribution in [2.75, 3.05) is 30.9 Å². The maximum atomic E-state index is 12.3. The number of anilines is 1. The second-order valence-corrected chi connectivity index (χ2v) is 7.19. The smallest absolute Gasteiger partial charge is 0.301 e. The number of ether oxygens (including phenoxy) is 2. The number of hydrogen-bond donors (Lipinski definition) is 2. The third kappa shape index (κ3) is 3.07. The molecule has 8 heteroatoms. The van der Waals surface area contributed by atoms with Crippen LogP contribution in [0.5, 0.6) is 11.5 Å². The first-order valence-corrected chi connectivity index (χ1v) is 8.30. The quantitative estimate of drug-likeness (QED) is 0.861. The Morgan fingerprint density at radius 2 is 1.86 bits per heavy atom. The molecule has 1 fully saturated rings. The molecule has 0 saturated carbocycles. The van der Waals surface area contributed by atoms with Crippen LogP contribution < -0.4 is 19.5 Å². The molecule has 2 heterocycles. The first-order valence-electron chi connectivity index (χ1n) is 6.86. The number of hydrogen-bond acceptors (Lipinski definition) is 5. The maximum Gasteiger partial charge on any atom is 0.301 e. The van der Waals surface area contributed by atoms with Crippen molar-refractivity contribution in [3.63, 3.8) is 0 Å². The van der Waals surface area contributed by atoms with Crippen LogP contribution in [0.15, 0.2) is 18.2 Å². The lowest BCUT2D eigenvalue weighted by atomic mass is 10.3. The summed E-state index contributed by atoms with van der Waals surface area (Å²) < 4.78 is 39.8. The minimum absolute atomic E-state index is 0.465. The monoisotopic (exact) mass is 313 g/mol. The van der Waals surface area contributed by atoms with Crippen molar-refractivity contribution < 1.29 is 17.9 Å². The molecule has 1 aromatic carbocycles. The van der Waals surface area contributed by atoms with E-state index in [4.69, 9.17) is 9.47 Å². The molecule has 2 aliphatic heterocycles. The standard InChI is InChI=1S/C13H19N3O4S/c1-13(2)19-11-4-3-10(9-12(11)20-13)15-21(17,18)16-7-5-14-6-8-16/h3-4,9,14-15H,5-8H2,1-2H3. The van der Waals surface area contributed by atoms with Crippen molar-refractivity contribution in [3.05, 3.63) is 18.2 Å². The molecule has 7 nitrogen and oxygen atoms in total. The Labute approximate surface area is 124 Å². The molecule has 0 bridgehead atoms. The molecule has 2 aliphatic rings.